The van der Waals surface area contributed by atoms with E-state index in [9.17, 15) is 9.18 Å². The summed E-state index contributed by atoms with van der Waals surface area (Å²) >= 11 is 0. The highest BCUT2D eigenvalue weighted by Crippen LogP contribution is 2.31. The number of rotatable bonds is 3. The number of likely N-dealkylation sites (tertiary alicyclic amines) is 1. The second kappa shape index (κ2) is 4.01. The third kappa shape index (κ3) is 1.74. The van der Waals surface area contributed by atoms with Crippen LogP contribution in [0.5, 0.6) is 0 Å². The van der Waals surface area contributed by atoms with Crippen molar-refractivity contribution in [1.82, 2.24) is 4.90 Å². The van der Waals surface area contributed by atoms with Crippen molar-refractivity contribution in [2.45, 2.75) is 26.2 Å². The topological polar surface area (TPSA) is 20.3 Å². The van der Waals surface area contributed by atoms with Gasteiger partial charge in [0.25, 0.3) is 0 Å². The Morgan fingerprint density at radius 3 is 2.53 bits per heavy atom. The zero-order valence-corrected chi connectivity index (χ0v) is 8.69. The van der Waals surface area contributed by atoms with E-state index in [-0.39, 0.29) is 5.91 Å². The third-order valence-electron chi connectivity index (χ3n) is 2.87. The largest absolute Gasteiger partial charge is 0.307 e. The Balaban J connectivity index is 2.01. The van der Waals surface area contributed by atoms with Gasteiger partial charge in [-0.2, -0.15) is 0 Å². The lowest BCUT2D eigenvalue weighted by Gasteiger charge is -2.41. The fraction of sp³-hybridized carbons (Fsp3) is 0.417. The van der Waals surface area contributed by atoms with E-state index in [0.717, 1.165) is 5.56 Å². The predicted octanol–water partition coefficient (Wildman–Crippen LogP) is 2.35. The number of β-lactam (4-membered cyclic amide) rings is 1. The molecule has 1 aliphatic rings. The molecular formula is C12H14FNO. The van der Waals surface area contributed by atoms with Crippen LogP contribution < -0.4 is 0 Å². The average Bonchev–Trinajstić information content (AvgIpc) is 2.28. The van der Waals surface area contributed by atoms with Crippen molar-refractivity contribution >= 4 is 5.91 Å². The molecule has 0 spiro atoms. The molecule has 1 heterocycles. The smallest absolute Gasteiger partial charge is 0.233 e. The van der Waals surface area contributed by atoms with Gasteiger partial charge in [-0.15, -0.1) is 0 Å². The molecule has 1 saturated heterocycles. The normalized spacial score (nSPS) is 25.2. The summed E-state index contributed by atoms with van der Waals surface area (Å²) in [7, 11) is 0. The molecule has 0 saturated carbocycles. The molecule has 0 bridgehead atoms. The molecule has 0 unspecified atom stereocenters. The third-order valence-corrected chi connectivity index (χ3v) is 2.87. The number of nitrogens with zero attached hydrogens (tertiary/aromatic N) is 1. The molecule has 0 N–H and O–H groups in total. The van der Waals surface area contributed by atoms with E-state index in [0.29, 0.717) is 13.0 Å². The summed E-state index contributed by atoms with van der Waals surface area (Å²) in [5, 5.41) is 0. The molecule has 1 aliphatic heterocycles. The number of hydrogen-bond donors (Lipinski definition) is 0. The zero-order chi connectivity index (χ0) is 10.8. The summed E-state index contributed by atoms with van der Waals surface area (Å²) < 4.78 is 13.5. The number of alkyl halides is 1. The zero-order valence-electron chi connectivity index (χ0n) is 8.69. The Morgan fingerprint density at radius 1 is 1.33 bits per heavy atom. The van der Waals surface area contributed by atoms with Crippen molar-refractivity contribution in [2.75, 3.05) is 0 Å². The minimum absolute atomic E-state index is 0.0612. The standard InChI is InChI=1S/C12H14FNO/c1-2-10-11(13)14(12(10)15)8-9-6-4-3-5-7-9/h3-7,10-11H,2,8H2,1H3/t10-,11+/m1/s1. The molecular weight excluding hydrogens is 193 g/mol. The molecule has 2 rings (SSSR count). The van der Waals surface area contributed by atoms with Gasteiger partial charge in [0.1, 0.15) is 0 Å². The second-order valence-electron chi connectivity index (χ2n) is 3.84. The van der Waals surface area contributed by atoms with Crippen LogP contribution in [-0.4, -0.2) is 17.1 Å². The van der Waals surface area contributed by atoms with Gasteiger partial charge in [0.05, 0.1) is 5.92 Å². The van der Waals surface area contributed by atoms with Crippen molar-refractivity contribution in [3.8, 4) is 0 Å². The minimum Gasteiger partial charge on any atom is -0.307 e. The summed E-state index contributed by atoms with van der Waals surface area (Å²) in [6.45, 7) is 2.23. The maximum Gasteiger partial charge on any atom is 0.233 e. The van der Waals surface area contributed by atoms with Crippen LogP contribution in [0.1, 0.15) is 18.9 Å². The van der Waals surface area contributed by atoms with Crippen LogP contribution in [0, 0.1) is 5.92 Å². The Hall–Kier alpha value is -1.38. The van der Waals surface area contributed by atoms with Crippen LogP contribution >= 0.6 is 0 Å². The summed E-state index contributed by atoms with van der Waals surface area (Å²) in [5.74, 6) is -0.470. The average molecular weight is 207 g/mol. The van der Waals surface area contributed by atoms with E-state index in [1.165, 1.54) is 4.90 Å². The van der Waals surface area contributed by atoms with Crippen LogP contribution in [0.2, 0.25) is 0 Å². The fourth-order valence-electron chi connectivity index (χ4n) is 1.90. The highest BCUT2D eigenvalue weighted by atomic mass is 19.1. The van der Waals surface area contributed by atoms with Crippen LogP contribution in [-0.2, 0) is 11.3 Å². The van der Waals surface area contributed by atoms with Crippen molar-refractivity contribution in [3.05, 3.63) is 35.9 Å². The maximum atomic E-state index is 13.5. The first-order valence-electron chi connectivity index (χ1n) is 5.22. The lowest BCUT2D eigenvalue weighted by molar-refractivity contribution is -0.170. The molecule has 0 aliphatic carbocycles. The van der Waals surface area contributed by atoms with Gasteiger partial charge in [0.2, 0.25) is 5.91 Å². The van der Waals surface area contributed by atoms with E-state index in [2.05, 4.69) is 0 Å². The second-order valence-corrected chi connectivity index (χ2v) is 3.84. The molecule has 1 aromatic rings. The first-order chi connectivity index (χ1) is 7.24. The number of benzene rings is 1. The van der Waals surface area contributed by atoms with Crippen LogP contribution in [0.4, 0.5) is 4.39 Å². The molecule has 2 atom stereocenters. The van der Waals surface area contributed by atoms with E-state index in [1.807, 2.05) is 37.3 Å². The van der Waals surface area contributed by atoms with E-state index in [4.69, 9.17) is 0 Å². The molecule has 0 aromatic heterocycles. The summed E-state index contributed by atoms with van der Waals surface area (Å²) in [5.41, 5.74) is 0.975. The van der Waals surface area contributed by atoms with Crippen molar-refractivity contribution in [3.63, 3.8) is 0 Å². The molecule has 0 radical (unpaired) electrons. The van der Waals surface area contributed by atoms with Crippen LogP contribution in [0.25, 0.3) is 0 Å². The van der Waals surface area contributed by atoms with Gasteiger partial charge in [0.15, 0.2) is 6.30 Å². The lowest BCUT2D eigenvalue weighted by Crippen LogP contribution is -2.57. The Morgan fingerprint density at radius 2 is 2.00 bits per heavy atom. The quantitative estimate of drug-likeness (QED) is 0.550. The van der Waals surface area contributed by atoms with E-state index in [1.54, 1.807) is 0 Å². The first kappa shape index (κ1) is 10.1. The van der Waals surface area contributed by atoms with Gasteiger partial charge in [-0.05, 0) is 12.0 Å². The SMILES string of the molecule is CC[C@H]1C(=O)N(Cc2ccccc2)[C@@H]1F. The van der Waals surface area contributed by atoms with Gasteiger partial charge < -0.3 is 4.90 Å². The van der Waals surface area contributed by atoms with E-state index < -0.39 is 12.2 Å². The molecule has 2 nitrogen and oxygen atoms in total. The number of carbonyl (C=O) groups excluding carboxylic acids is 1. The number of amides is 1. The van der Waals surface area contributed by atoms with Crippen LogP contribution in [0.3, 0.4) is 0 Å². The monoisotopic (exact) mass is 207 g/mol. The molecule has 1 amide bonds. The first-order valence-corrected chi connectivity index (χ1v) is 5.22. The van der Waals surface area contributed by atoms with Crippen molar-refractivity contribution in [1.29, 1.82) is 0 Å². The van der Waals surface area contributed by atoms with Crippen molar-refractivity contribution < 1.29 is 9.18 Å². The maximum absolute atomic E-state index is 13.5. The lowest BCUT2D eigenvalue weighted by atomic mass is 9.93. The molecule has 1 fully saturated rings. The Labute approximate surface area is 88.7 Å². The predicted molar refractivity (Wildman–Crippen MR) is 55.7 cm³/mol. The van der Waals surface area contributed by atoms with Crippen molar-refractivity contribution in [2.24, 2.45) is 5.92 Å². The number of halogens is 1. The fourth-order valence-corrected chi connectivity index (χ4v) is 1.90. The van der Waals surface area contributed by atoms with Gasteiger partial charge in [-0.25, -0.2) is 4.39 Å². The Kier molecular flexibility index (Phi) is 2.71. The number of carbonyl (C=O) groups is 1. The van der Waals surface area contributed by atoms with Gasteiger partial charge in [-0.1, -0.05) is 37.3 Å². The van der Waals surface area contributed by atoms with Gasteiger partial charge in [-0.3, -0.25) is 4.79 Å². The van der Waals surface area contributed by atoms with Gasteiger partial charge >= 0.3 is 0 Å². The minimum atomic E-state index is -1.09. The molecule has 1 aromatic carbocycles. The number of hydrogen-bond acceptors (Lipinski definition) is 1. The molecule has 3 heteroatoms. The summed E-state index contributed by atoms with van der Waals surface area (Å²) in [6.07, 6.45) is -0.506. The van der Waals surface area contributed by atoms with E-state index >= 15 is 0 Å². The summed E-state index contributed by atoms with van der Waals surface area (Å²) in [6, 6.07) is 9.50. The van der Waals surface area contributed by atoms with Crippen LogP contribution in [0.15, 0.2) is 30.3 Å². The molecule has 15 heavy (non-hydrogen) atoms. The summed E-state index contributed by atoms with van der Waals surface area (Å²) in [4.78, 5) is 12.8. The molecule has 80 valence electrons. The van der Waals surface area contributed by atoms with Gasteiger partial charge in [0, 0.05) is 6.54 Å². The highest BCUT2D eigenvalue weighted by molar-refractivity contribution is 5.85. The Bertz CT molecular complexity index is 352. The highest BCUT2D eigenvalue weighted by Gasteiger charge is 2.46.